The zero-order chi connectivity index (χ0) is 20.4. The molecule has 1 fully saturated rings. The monoisotopic (exact) mass is 392 g/mol. The van der Waals surface area contributed by atoms with Crippen LogP contribution in [0.2, 0.25) is 0 Å². The van der Waals surface area contributed by atoms with Gasteiger partial charge < -0.3 is 18.9 Å². The van der Waals surface area contributed by atoms with Crippen molar-refractivity contribution in [3.63, 3.8) is 0 Å². The van der Waals surface area contributed by atoms with Crippen molar-refractivity contribution in [2.24, 2.45) is 0 Å². The van der Waals surface area contributed by atoms with Gasteiger partial charge in [-0.05, 0) is 19.4 Å². The SMILES string of the molecule is COc1ccc(C(=O)N2CCC(n3c(C)cnc3-c3ccccc3)C2)c(OC)n1. The van der Waals surface area contributed by atoms with Crippen LogP contribution < -0.4 is 9.47 Å². The zero-order valence-electron chi connectivity index (χ0n) is 16.8. The number of hydrogen-bond acceptors (Lipinski definition) is 5. The first-order valence-corrected chi connectivity index (χ1v) is 9.60. The Bertz CT molecular complexity index is 1020. The van der Waals surface area contributed by atoms with Gasteiger partial charge in [0.1, 0.15) is 11.4 Å². The highest BCUT2D eigenvalue weighted by atomic mass is 16.5. The number of pyridine rings is 1. The lowest BCUT2D eigenvalue weighted by atomic mass is 10.2. The van der Waals surface area contributed by atoms with Crippen LogP contribution in [0, 0.1) is 6.92 Å². The fraction of sp³-hybridized carbons (Fsp3) is 0.318. The van der Waals surface area contributed by atoms with Crippen LogP contribution in [0.5, 0.6) is 11.8 Å². The summed E-state index contributed by atoms with van der Waals surface area (Å²) in [4.78, 5) is 23.8. The molecule has 3 heterocycles. The summed E-state index contributed by atoms with van der Waals surface area (Å²) in [6.45, 7) is 3.34. The maximum absolute atomic E-state index is 13.1. The molecule has 7 heteroatoms. The normalized spacial score (nSPS) is 16.1. The summed E-state index contributed by atoms with van der Waals surface area (Å²) in [7, 11) is 3.04. The Balaban J connectivity index is 1.58. The van der Waals surface area contributed by atoms with Gasteiger partial charge >= 0.3 is 0 Å². The van der Waals surface area contributed by atoms with Gasteiger partial charge in [-0.2, -0.15) is 4.98 Å². The summed E-state index contributed by atoms with van der Waals surface area (Å²) in [5.41, 5.74) is 2.61. The molecule has 1 aliphatic rings. The summed E-state index contributed by atoms with van der Waals surface area (Å²) < 4.78 is 12.7. The predicted molar refractivity (Wildman–Crippen MR) is 109 cm³/mol. The van der Waals surface area contributed by atoms with Gasteiger partial charge in [0.25, 0.3) is 5.91 Å². The number of hydrogen-bond donors (Lipinski definition) is 0. The molecule has 3 aromatic rings. The molecule has 1 saturated heterocycles. The van der Waals surface area contributed by atoms with E-state index in [9.17, 15) is 4.79 Å². The van der Waals surface area contributed by atoms with Crippen molar-refractivity contribution < 1.29 is 14.3 Å². The Morgan fingerprint density at radius 3 is 2.62 bits per heavy atom. The average Bonchev–Trinajstić information content (AvgIpc) is 3.40. The van der Waals surface area contributed by atoms with Crippen LogP contribution >= 0.6 is 0 Å². The minimum absolute atomic E-state index is 0.0847. The fourth-order valence-corrected chi connectivity index (χ4v) is 3.87. The number of ether oxygens (including phenoxy) is 2. The van der Waals surface area contributed by atoms with Crippen LogP contribution in [-0.2, 0) is 0 Å². The van der Waals surface area contributed by atoms with E-state index in [1.165, 1.54) is 14.2 Å². The molecule has 29 heavy (non-hydrogen) atoms. The molecule has 0 saturated carbocycles. The van der Waals surface area contributed by atoms with Crippen LogP contribution in [0.4, 0.5) is 0 Å². The van der Waals surface area contributed by atoms with Crippen LogP contribution in [0.15, 0.2) is 48.7 Å². The lowest BCUT2D eigenvalue weighted by Gasteiger charge is -2.20. The molecule has 0 bridgehead atoms. The number of benzene rings is 1. The molecule has 0 aliphatic carbocycles. The number of aryl methyl sites for hydroxylation is 1. The first kappa shape index (κ1) is 19.0. The van der Waals surface area contributed by atoms with E-state index in [0.29, 0.717) is 24.5 Å². The summed E-state index contributed by atoms with van der Waals surface area (Å²) >= 11 is 0. The third kappa shape index (κ3) is 3.55. The van der Waals surface area contributed by atoms with Crippen LogP contribution in [0.1, 0.15) is 28.5 Å². The first-order chi connectivity index (χ1) is 14.1. The molecule has 0 spiro atoms. The van der Waals surface area contributed by atoms with Gasteiger partial charge in [0.05, 0.1) is 20.3 Å². The lowest BCUT2D eigenvalue weighted by Crippen LogP contribution is -2.29. The smallest absolute Gasteiger partial charge is 0.259 e. The van der Waals surface area contributed by atoms with Crippen LogP contribution in [-0.4, -0.2) is 52.7 Å². The Morgan fingerprint density at radius 1 is 1.10 bits per heavy atom. The van der Waals surface area contributed by atoms with Crippen molar-refractivity contribution in [1.29, 1.82) is 0 Å². The quantitative estimate of drug-likeness (QED) is 0.666. The molecule has 1 amide bonds. The summed E-state index contributed by atoms with van der Waals surface area (Å²) in [6, 6.07) is 13.7. The van der Waals surface area contributed by atoms with E-state index in [0.717, 1.165) is 23.5 Å². The van der Waals surface area contributed by atoms with Crippen molar-refractivity contribution in [3.05, 3.63) is 59.9 Å². The molecule has 0 N–H and O–H groups in total. The van der Waals surface area contributed by atoms with Crippen molar-refractivity contribution in [1.82, 2.24) is 19.4 Å². The van der Waals surface area contributed by atoms with Gasteiger partial charge in [0, 0.05) is 36.6 Å². The number of nitrogens with zero attached hydrogens (tertiary/aromatic N) is 4. The lowest BCUT2D eigenvalue weighted by molar-refractivity contribution is 0.0783. The highest BCUT2D eigenvalue weighted by molar-refractivity contribution is 5.96. The molecule has 0 radical (unpaired) electrons. The van der Waals surface area contributed by atoms with E-state index in [2.05, 4.69) is 33.6 Å². The number of rotatable bonds is 5. The third-order valence-electron chi connectivity index (χ3n) is 5.30. The van der Waals surface area contributed by atoms with Crippen molar-refractivity contribution in [3.8, 4) is 23.1 Å². The zero-order valence-corrected chi connectivity index (χ0v) is 16.8. The number of carbonyl (C=O) groups is 1. The molecule has 1 aromatic carbocycles. The van der Waals surface area contributed by atoms with Gasteiger partial charge in [-0.3, -0.25) is 4.79 Å². The second-order valence-corrected chi connectivity index (χ2v) is 7.06. The molecule has 1 unspecified atom stereocenters. The number of methoxy groups -OCH3 is 2. The van der Waals surface area contributed by atoms with Crippen molar-refractivity contribution in [2.45, 2.75) is 19.4 Å². The van der Waals surface area contributed by atoms with Gasteiger partial charge in [-0.1, -0.05) is 30.3 Å². The summed E-state index contributed by atoms with van der Waals surface area (Å²) in [6.07, 6.45) is 2.76. The average molecular weight is 392 g/mol. The van der Waals surface area contributed by atoms with E-state index in [1.54, 1.807) is 12.1 Å². The third-order valence-corrected chi connectivity index (χ3v) is 5.30. The molecule has 4 rings (SSSR count). The molecular weight excluding hydrogens is 368 g/mol. The largest absolute Gasteiger partial charge is 0.481 e. The molecular formula is C22H24N4O3. The van der Waals surface area contributed by atoms with E-state index in [1.807, 2.05) is 29.3 Å². The van der Waals surface area contributed by atoms with Crippen LogP contribution in [0.3, 0.4) is 0 Å². The molecule has 1 atom stereocenters. The predicted octanol–water partition coefficient (Wildman–Crippen LogP) is 3.36. The first-order valence-electron chi connectivity index (χ1n) is 9.60. The highest BCUT2D eigenvalue weighted by Crippen LogP contribution is 2.31. The van der Waals surface area contributed by atoms with E-state index in [-0.39, 0.29) is 17.8 Å². The molecule has 7 nitrogen and oxygen atoms in total. The summed E-state index contributed by atoms with van der Waals surface area (Å²) in [5, 5.41) is 0. The number of imidazole rings is 1. The van der Waals surface area contributed by atoms with Crippen molar-refractivity contribution in [2.75, 3.05) is 27.3 Å². The maximum atomic E-state index is 13.1. The Hall–Kier alpha value is -3.35. The minimum atomic E-state index is -0.0847. The maximum Gasteiger partial charge on any atom is 0.259 e. The van der Waals surface area contributed by atoms with E-state index >= 15 is 0 Å². The fourth-order valence-electron chi connectivity index (χ4n) is 3.87. The van der Waals surface area contributed by atoms with E-state index in [4.69, 9.17) is 9.47 Å². The Morgan fingerprint density at radius 2 is 1.90 bits per heavy atom. The summed E-state index contributed by atoms with van der Waals surface area (Å²) in [5.74, 6) is 1.55. The van der Waals surface area contributed by atoms with Crippen LogP contribution in [0.25, 0.3) is 11.4 Å². The number of amides is 1. The minimum Gasteiger partial charge on any atom is -0.481 e. The Labute approximate surface area is 169 Å². The van der Waals surface area contributed by atoms with Crippen molar-refractivity contribution >= 4 is 5.91 Å². The van der Waals surface area contributed by atoms with Gasteiger partial charge in [0.15, 0.2) is 0 Å². The topological polar surface area (TPSA) is 69.5 Å². The van der Waals surface area contributed by atoms with Gasteiger partial charge in [-0.15, -0.1) is 0 Å². The number of carbonyl (C=O) groups excluding carboxylic acids is 1. The van der Waals surface area contributed by atoms with Gasteiger partial charge in [0.2, 0.25) is 11.8 Å². The molecule has 150 valence electrons. The van der Waals surface area contributed by atoms with Gasteiger partial charge in [-0.25, -0.2) is 4.98 Å². The molecule has 2 aromatic heterocycles. The van der Waals surface area contributed by atoms with E-state index < -0.39 is 0 Å². The second kappa shape index (κ2) is 7.95. The Kier molecular flexibility index (Phi) is 5.20. The second-order valence-electron chi connectivity index (χ2n) is 7.06. The number of aromatic nitrogens is 3. The molecule has 1 aliphatic heterocycles. The number of likely N-dealkylation sites (tertiary alicyclic amines) is 1. The standard InChI is InChI=1S/C22H24N4O3/c1-15-13-23-20(16-7-5-4-6-8-16)26(15)17-11-12-25(14-17)22(27)18-9-10-19(28-2)24-21(18)29-3/h4-10,13,17H,11-12,14H2,1-3H3. The highest BCUT2D eigenvalue weighted by Gasteiger charge is 2.31.